The molecule has 0 aromatic heterocycles. The van der Waals surface area contributed by atoms with Gasteiger partial charge in [-0.3, -0.25) is 9.59 Å². The van der Waals surface area contributed by atoms with Crippen LogP contribution in [0.2, 0.25) is 0 Å². The van der Waals surface area contributed by atoms with E-state index in [-0.39, 0.29) is 103 Å². The Hall–Kier alpha value is 1.64. The quantitative estimate of drug-likeness (QED) is 0.365. The van der Waals surface area contributed by atoms with E-state index < -0.39 is 36.4 Å². The van der Waals surface area contributed by atoms with Crippen LogP contribution >= 0.6 is 0 Å². The van der Waals surface area contributed by atoms with Gasteiger partial charge < -0.3 is 20.4 Å². The second-order valence-electron chi connectivity index (χ2n) is 2.48. The fourth-order valence-corrected chi connectivity index (χ4v) is 0.714. The number of carboxylic acid groups (broad SMARTS) is 3. The number of rotatable bonds is 5. The third-order valence-electron chi connectivity index (χ3n) is 1.29. The molecule has 0 aliphatic heterocycles. The maximum absolute atomic E-state index is 10.3. The van der Waals surface area contributed by atoms with Gasteiger partial charge in [-0.2, -0.15) is 0 Å². The van der Waals surface area contributed by atoms with Crippen molar-refractivity contribution >= 4 is 17.9 Å². The minimum atomic E-state index is -2.74. The fourth-order valence-electron chi connectivity index (χ4n) is 0.714. The molecule has 0 amide bonds. The Kier molecular flexibility index (Phi) is 14.1. The van der Waals surface area contributed by atoms with E-state index in [1.54, 1.807) is 0 Å². The summed E-state index contributed by atoms with van der Waals surface area (Å²) < 4.78 is 0. The van der Waals surface area contributed by atoms with Crippen molar-refractivity contribution in [1.29, 1.82) is 0 Å². The van der Waals surface area contributed by atoms with Crippen LogP contribution in [0, 0.1) is 0 Å². The van der Waals surface area contributed by atoms with Crippen molar-refractivity contribution < 1.29 is 138 Å². The summed E-state index contributed by atoms with van der Waals surface area (Å²) in [6.07, 6.45) is -2.29. The Labute approximate surface area is 170 Å². The van der Waals surface area contributed by atoms with Crippen molar-refractivity contribution in [3.8, 4) is 0 Å². The third kappa shape index (κ3) is 9.35. The molecule has 0 saturated carbocycles. The number of carboxylic acids is 3. The SMILES string of the molecule is O=C(O)CC(O)(CC(=O)O)C(=O)O.[K+].[K+]. The van der Waals surface area contributed by atoms with Crippen LogP contribution in [0.5, 0.6) is 0 Å². The Morgan fingerprint density at radius 2 is 1.13 bits per heavy atom. The van der Waals surface area contributed by atoms with Crippen molar-refractivity contribution in [3.63, 3.8) is 0 Å². The molecule has 0 aromatic rings. The molecule has 4 N–H and O–H groups in total. The fraction of sp³-hybridized carbons (Fsp3) is 0.500. The van der Waals surface area contributed by atoms with Gasteiger partial charge in [-0.15, -0.1) is 0 Å². The maximum atomic E-state index is 10.3. The Morgan fingerprint density at radius 1 is 0.867 bits per heavy atom. The number of carbonyl (C=O) groups is 3. The van der Waals surface area contributed by atoms with E-state index in [2.05, 4.69) is 0 Å². The number of hydrogen-bond donors (Lipinski definition) is 4. The van der Waals surface area contributed by atoms with Crippen molar-refractivity contribution in [2.45, 2.75) is 18.4 Å². The van der Waals surface area contributed by atoms with Gasteiger partial charge in [-0.25, -0.2) is 4.79 Å². The van der Waals surface area contributed by atoms with Gasteiger partial charge >= 0.3 is 121 Å². The van der Waals surface area contributed by atoms with Crippen LogP contribution in [0.4, 0.5) is 0 Å². The zero-order valence-corrected chi connectivity index (χ0v) is 14.7. The minimum absolute atomic E-state index is 0. The van der Waals surface area contributed by atoms with E-state index >= 15 is 0 Å². The van der Waals surface area contributed by atoms with Crippen LogP contribution in [0.1, 0.15) is 12.8 Å². The first kappa shape index (κ1) is 21.9. The zero-order valence-electron chi connectivity index (χ0n) is 8.43. The van der Waals surface area contributed by atoms with Gasteiger partial charge in [-0.1, -0.05) is 0 Å². The summed E-state index contributed by atoms with van der Waals surface area (Å²) in [4.78, 5) is 30.5. The van der Waals surface area contributed by atoms with E-state index in [0.29, 0.717) is 0 Å². The summed E-state index contributed by atoms with van der Waals surface area (Å²) in [6.45, 7) is 0. The van der Waals surface area contributed by atoms with Crippen molar-refractivity contribution in [2.75, 3.05) is 0 Å². The van der Waals surface area contributed by atoms with Crippen LogP contribution in [-0.4, -0.2) is 43.9 Å². The van der Waals surface area contributed by atoms with E-state index in [1.807, 2.05) is 0 Å². The topological polar surface area (TPSA) is 132 Å². The second kappa shape index (κ2) is 9.65. The zero-order chi connectivity index (χ0) is 10.6. The summed E-state index contributed by atoms with van der Waals surface area (Å²) >= 11 is 0. The third-order valence-corrected chi connectivity index (χ3v) is 1.29. The number of aliphatic carboxylic acids is 3. The average Bonchev–Trinajstić information content (AvgIpc) is 1.82. The molecule has 0 radical (unpaired) electrons. The molecule has 0 aromatic carbocycles. The Balaban J connectivity index is -0.000000720. The average molecular weight is 270 g/mol. The molecule has 74 valence electrons. The van der Waals surface area contributed by atoms with Gasteiger partial charge in [0.2, 0.25) is 0 Å². The molecule has 0 rings (SSSR count). The molecule has 0 bridgehead atoms. The number of hydrogen-bond acceptors (Lipinski definition) is 4. The van der Waals surface area contributed by atoms with Crippen LogP contribution in [-0.2, 0) is 14.4 Å². The van der Waals surface area contributed by atoms with Gasteiger partial charge in [-0.05, 0) is 0 Å². The molecule has 0 fully saturated rings. The van der Waals surface area contributed by atoms with Gasteiger partial charge in [0, 0.05) is 0 Å². The predicted molar refractivity (Wildman–Crippen MR) is 37.1 cm³/mol. The van der Waals surface area contributed by atoms with E-state index in [0.717, 1.165) is 0 Å². The Morgan fingerprint density at radius 3 is 1.27 bits per heavy atom. The molecule has 0 heterocycles. The normalized spacial score (nSPS) is 9.40. The maximum Gasteiger partial charge on any atom is 1.00 e. The first-order chi connectivity index (χ1) is 5.78. The van der Waals surface area contributed by atoms with Gasteiger partial charge in [0.15, 0.2) is 5.60 Å². The molecular formula is C6H8K2O7+2. The summed E-state index contributed by atoms with van der Waals surface area (Å²) in [5.41, 5.74) is -2.74. The summed E-state index contributed by atoms with van der Waals surface area (Å²) in [7, 11) is 0. The molecule has 0 saturated heterocycles. The van der Waals surface area contributed by atoms with Gasteiger partial charge in [0.25, 0.3) is 0 Å². The van der Waals surface area contributed by atoms with Crippen molar-refractivity contribution in [2.24, 2.45) is 0 Å². The minimum Gasteiger partial charge on any atom is -0.481 e. The van der Waals surface area contributed by atoms with Crippen molar-refractivity contribution in [3.05, 3.63) is 0 Å². The van der Waals surface area contributed by atoms with E-state index in [1.165, 1.54) is 0 Å². The molecule has 9 heteroatoms. The van der Waals surface area contributed by atoms with E-state index in [4.69, 9.17) is 20.4 Å². The van der Waals surface area contributed by atoms with Gasteiger partial charge in [0.05, 0.1) is 12.8 Å². The molecular weight excluding hydrogens is 262 g/mol. The standard InChI is InChI=1S/C6H8O7.2K/c7-3(8)1-6(13,5(11)12)2-4(9)10;;/h13H,1-2H2,(H,7,8)(H,9,10)(H,11,12);;/q;2*+1. The van der Waals surface area contributed by atoms with Crippen molar-refractivity contribution in [1.82, 2.24) is 0 Å². The second-order valence-corrected chi connectivity index (χ2v) is 2.48. The monoisotopic (exact) mass is 270 g/mol. The van der Waals surface area contributed by atoms with Crippen LogP contribution in [0.25, 0.3) is 0 Å². The molecule has 0 aliphatic carbocycles. The summed E-state index contributed by atoms with van der Waals surface area (Å²) in [5, 5.41) is 33.8. The molecule has 0 aliphatic rings. The van der Waals surface area contributed by atoms with Crippen LogP contribution in [0.3, 0.4) is 0 Å². The van der Waals surface area contributed by atoms with Crippen LogP contribution < -0.4 is 103 Å². The largest absolute Gasteiger partial charge is 1.00 e. The first-order valence-corrected chi connectivity index (χ1v) is 3.17. The van der Waals surface area contributed by atoms with E-state index in [9.17, 15) is 14.4 Å². The first-order valence-electron chi connectivity index (χ1n) is 3.17. The molecule has 15 heavy (non-hydrogen) atoms. The predicted octanol–water partition coefficient (Wildman–Crippen LogP) is -7.24. The molecule has 7 nitrogen and oxygen atoms in total. The summed E-state index contributed by atoms with van der Waals surface area (Å²) in [5.74, 6) is -5.02. The molecule has 0 atom stereocenters. The summed E-state index contributed by atoms with van der Waals surface area (Å²) in [6, 6.07) is 0. The molecule has 0 spiro atoms. The molecule has 0 unspecified atom stereocenters. The smallest absolute Gasteiger partial charge is 0.481 e. The number of aliphatic hydroxyl groups is 1. The Bertz CT molecular complexity index is 236. The van der Waals surface area contributed by atoms with Crippen LogP contribution in [0.15, 0.2) is 0 Å². The van der Waals surface area contributed by atoms with Gasteiger partial charge in [0.1, 0.15) is 0 Å².